The molecule has 0 heterocycles. The molecule has 0 unspecified atom stereocenters. The van der Waals surface area contributed by atoms with Crippen molar-refractivity contribution in [2.45, 2.75) is 67.1 Å². The van der Waals surface area contributed by atoms with Gasteiger partial charge in [0.15, 0.2) is 0 Å². The molecule has 0 bridgehead atoms. The molecule has 0 rings (SSSR count). The molecule has 23 heteroatoms. The molecule has 0 atom stereocenters. The van der Waals surface area contributed by atoms with Crippen LogP contribution in [0.25, 0.3) is 0 Å². The molecular formula is C11H3F21O2. The summed E-state index contributed by atoms with van der Waals surface area (Å²) in [6.45, 7) is -1.24. The van der Waals surface area contributed by atoms with Crippen LogP contribution in [0.4, 0.5) is 92.2 Å². The molecule has 0 spiro atoms. The first-order valence-electron chi connectivity index (χ1n) is 7.04. The zero-order valence-corrected chi connectivity index (χ0v) is 14.8. The highest BCUT2D eigenvalue weighted by molar-refractivity contribution is 5.00. The van der Waals surface area contributed by atoms with Crippen LogP contribution in [0.15, 0.2) is 0 Å². The number of alkyl halides is 21. The second kappa shape index (κ2) is 7.98. The molecule has 0 radical (unpaired) electrons. The summed E-state index contributed by atoms with van der Waals surface area (Å²) >= 11 is 0. The van der Waals surface area contributed by atoms with Crippen molar-refractivity contribution in [2.75, 3.05) is 0 Å². The molecule has 206 valence electrons. The van der Waals surface area contributed by atoms with E-state index < -0.39 is 67.1 Å². The predicted octanol–water partition coefficient (Wildman–Crippen LogP) is 7.15. The first-order chi connectivity index (χ1) is 14.2. The fourth-order valence-corrected chi connectivity index (χ4v) is 1.39. The zero-order chi connectivity index (χ0) is 28.4. The van der Waals surface area contributed by atoms with E-state index >= 15 is 0 Å². The molecule has 0 aromatic rings. The normalized spacial score (nSPS) is 16.8. The Labute approximate surface area is 170 Å². The maximum absolute atomic E-state index is 13.0. The molecule has 2 nitrogen and oxygen atoms in total. The summed E-state index contributed by atoms with van der Waals surface area (Å²) in [5, 5.41) is 0. The Kier molecular flexibility index (Phi) is 7.62. The number of hydrogen-bond acceptors (Lipinski definition) is 2. The van der Waals surface area contributed by atoms with Crippen LogP contribution >= 0.6 is 0 Å². The smallest absolute Gasteiger partial charge is 0.243 e. The summed E-state index contributed by atoms with van der Waals surface area (Å²) in [6.07, 6.45) is -39.8. The van der Waals surface area contributed by atoms with Crippen LogP contribution in [-0.4, -0.2) is 60.2 Å². The fourth-order valence-electron chi connectivity index (χ4n) is 1.39. The topological polar surface area (TPSA) is 18.5 Å². The lowest BCUT2D eigenvalue weighted by molar-refractivity contribution is -0.557. The van der Waals surface area contributed by atoms with Crippen molar-refractivity contribution in [1.82, 2.24) is 0 Å². The summed E-state index contributed by atoms with van der Waals surface area (Å²) in [4.78, 5) is 0. The van der Waals surface area contributed by atoms with Crippen LogP contribution in [-0.2, 0) is 9.47 Å². The van der Waals surface area contributed by atoms with Crippen molar-refractivity contribution in [3.8, 4) is 0 Å². The van der Waals surface area contributed by atoms with Gasteiger partial charge in [-0.3, -0.25) is 0 Å². The van der Waals surface area contributed by atoms with Gasteiger partial charge in [0.25, 0.3) is 0 Å². The predicted molar refractivity (Wildman–Crippen MR) is 58.4 cm³/mol. The van der Waals surface area contributed by atoms with Crippen molar-refractivity contribution in [2.24, 2.45) is 0 Å². The Morgan fingerprint density at radius 2 is 0.559 bits per heavy atom. The van der Waals surface area contributed by atoms with Gasteiger partial charge in [-0.1, -0.05) is 0 Å². The lowest BCUT2D eigenvalue weighted by Gasteiger charge is -2.38. The summed E-state index contributed by atoms with van der Waals surface area (Å²) in [5.41, 5.74) is 0. The third-order valence-corrected chi connectivity index (χ3v) is 3.28. The third kappa shape index (κ3) is 4.90. The zero-order valence-electron chi connectivity index (χ0n) is 14.8. The van der Waals surface area contributed by atoms with Crippen LogP contribution < -0.4 is 0 Å². The van der Waals surface area contributed by atoms with Crippen molar-refractivity contribution >= 4 is 0 Å². The van der Waals surface area contributed by atoms with Crippen LogP contribution in [0.5, 0.6) is 0 Å². The average Bonchev–Trinajstić information content (AvgIpc) is 2.49. The van der Waals surface area contributed by atoms with E-state index in [0.29, 0.717) is 0 Å². The van der Waals surface area contributed by atoms with Gasteiger partial charge in [0.2, 0.25) is 0 Å². The molecule has 0 saturated carbocycles. The number of rotatable bonds is 10. The van der Waals surface area contributed by atoms with Gasteiger partial charge < -0.3 is 0 Å². The summed E-state index contributed by atoms with van der Waals surface area (Å²) in [7, 11) is 0. The molecule has 0 aliphatic heterocycles. The van der Waals surface area contributed by atoms with E-state index in [9.17, 15) is 92.2 Å². The second-order valence-electron chi connectivity index (χ2n) is 5.95. The molecule has 34 heavy (non-hydrogen) atoms. The van der Waals surface area contributed by atoms with E-state index in [1.54, 1.807) is 0 Å². The number of halogens is 21. The fraction of sp³-hybridized carbons (Fsp3) is 1.00. The van der Waals surface area contributed by atoms with E-state index in [-0.39, 0.29) is 0 Å². The first-order valence-corrected chi connectivity index (χ1v) is 7.04. The van der Waals surface area contributed by atoms with Gasteiger partial charge in [-0.15, -0.1) is 0 Å². The van der Waals surface area contributed by atoms with Crippen LogP contribution in [0.1, 0.15) is 6.92 Å². The van der Waals surface area contributed by atoms with E-state index in [2.05, 4.69) is 0 Å². The van der Waals surface area contributed by atoms with E-state index in [1.165, 1.54) is 0 Å². The minimum absolute atomic E-state index is 1.06. The Morgan fingerprint density at radius 3 is 0.765 bits per heavy atom. The maximum atomic E-state index is 13.0. The lowest BCUT2D eigenvalue weighted by Crippen LogP contribution is -2.66. The van der Waals surface area contributed by atoms with Crippen molar-refractivity contribution < 1.29 is 102 Å². The molecule has 0 aliphatic carbocycles. The standard InChI is InChI=1S/C11H3F21O2/c1-2(12,13)3(14,15)5(18,19)8(25,26)33-10(29,30)11(31,32)34-9(27,28)6(20,21)4(16,17)7(22,23)24/h1H3. The Balaban J connectivity index is 6.29. The quantitative estimate of drug-likeness (QED) is 0.262. The maximum Gasteiger partial charge on any atom is 0.460 e. The Morgan fingerprint density at radius 1 is 0.324 bits per heavy atom. The van der Waals surface area contributed by atoms with Crippen LogP contribution in [0.3, 0.4) is 0 Å². The van der Waals surface area contributed by atoms with Gasteiger partial charge in [-0.05, 0) is 0 Å². The highest BCUT2D eigenvalue weighted by Crippen LogP contribution is 2.58. The minimum atomic E-state index is -8.25. The third-order valence-electron chi connectivity index (χ3n) is 3.28. The highest BCUT2D eigenvalue weighted by Gasteiger charge is 2.87. The summed E-state index contributed by atoms with van der Waals surface area (Å²) in [5.74, 6) is -38.0. The highest BCUT2D eigenvalue weighted by atomic mass is 19.4. The van der Waals surface area contributed by atoms with Gasteiger partial charge in [0.1, 0.15) is 0 Å². The Bertz CT molecular complexity index is 666. The van der Waals surface area contributed by atoms with Crippen LogP contribution in [0, 0.1) is 0 Å². The molecule has 0 amide bonds. The molecule has 0 N–H and O–H groups in total. The second-order valence-corrected chi connectivity index (χ2v) is 5.95. The van der Waals surface area contributed by atoms with Gasteiger partial charge in [0, 0.05) is 6.92 Å². The van der Waals surface area contributed by atoms with Crippen molar-refractivity contribution in [3.63, 3.8) is 0 Å². The number of ether oxygens (including phenoxy) is 2. The van der Waals surface area contributed by atoms with E-state index in [0.717, 1.165) is 9.47 Å². The SMILES string of the molecule is CC(F)(F)C(F)(F)C(F)(F)C(F)(F)OC(F)(F)C(F)(F)OC(F)(F)C(F)(F)C(F)(F)C(F)(F)F. The van der Waals surface area contributed by atoms with E-state index in [1.807, 2.05) is 0 Å². The largest absolute Gasteiger partial charge is 0.460 e. The molecule has 0 saturated heterocycles. The molecule has 0 aliphatic rings. The minimum Gasteiger partial charge on any atom is -0.243 e. The van der Waals surface area contributed by atoms with Gasteiger partial charge in [-0.25, -0.2) is 9.47 Å². The summed E-state index contributed by atoms with van der Waals surface area (Å²) in [6, 6.07) is 0. The first kappa shape index (κ1) is 32.4. The van der Waals surface area contributed by atoms with Gasteiger partial charge in [0.05, 0.1) is 0 Å². The van der Waals surface area contributed by atoms with Crippen molar-refractivity contribution in [3.05, 3.63) is 0 Å². The molecular weight excluding hydrogens is 563 g/mol. The molecule has 0 fully saturated rings. The Hall–Kier alpha value is -1.55. The van der Waals surface area contributed by atoms with Gasteiger partial charge >= 0.3 is 60.2 Å². The number of hydrogen-bond donors (Lipinski definition) is 0. The average molecular weight is 566 g/mol. The van der Waals surface area contributed by atoms with Gasteiger partial charge in [-0.2, -0.15) is 92.2 Å². The lowest BCUT2D eigenvalue weighted by atomic mass is 10.1. The summed E-state index contributed by atoms with van der Waals surface area (Å²) < 4.78 is 268. The molecule has 0 aromatic carbocycles. The van der Waals surface area contributed by atoms with Crippen LogP contribution in [0.2, 0.25) is 0 Å². The van der Waals surface area contributed by atoms with Crippen molar-refractivity contribution in [1.29, 1.82) is 0 Å². The molecule has 0 aromatic heterocycles. The monoisotopic (exact) mass is 566 g/mol. The van der Waals surface area contributed by atoms with E-state index in [4.69, 9.17) is 0 Å².